The first-order valence-corrected chi connectivity index (χ1v) is 9.22. The molecule has 1 aliphatic heterocycles. The van der Waals surface area contributed by atoms with Crippen LogP contribution in [0.5, 0.6) is 0 Å². The van der Waals surface area contributed by atoms with Gasteiger partial charge in [0, 0.05) is 30.1 Å². The number of benzene rings is 1. The number of carbonyl (C=O) groups excluding carboxylic acids is 1. The first kappa shape index (κ1) is 14.9. The Labute approximate surface area is 140 Å². The Balaban J connectivity index is 1.36. The van der Waals surface area contributed by atoms with Gasteiger partial charge in [0.1, 0.15) is 0 Å². The molecule has 1 saturated heterocycles. The molecule has 1 aliphatic carbocycles. The monoisotopic (exact) mass is 327 g/mol. The number of ether oxygens (including phenoxy) is 1. The Morgan fingerprint density at radius 1 is 1.17 bits per heavy atom. The van der Waals surface area contributed by atoms with E-state index in [2.05, 4.69) is 11.4 Å². The van der Waals surface area contributed by atoms with Gasteiger partial charge < -0.3 is 9.64 Å². The number of nitrogens with zero attached hydrogens (tertiary/aromatic N) is 1. The van der Waals surface area contributed by atoms with E-state index >= 15 is 0 Å². The van der Waals surface area contributed by atoms with E-state index in [0.29, 0.717) is 0 Å². The van der Waals surface area contributed by atoms with E-state index < -0.39 is 0 Å². The van der Waals surface area contributed by atoms with Gasteiger partial charge in [0.2, 0.25) is 0 Å². The fourth-order valence-electron chi connectivity index (χ4n) is 3.01. The summed E-state index contributed by atoms with van der Waals surface area (Å²) in [6.07, 6.45) is 3.81. The summed E-state index contributed by atoms with van der Waals surface area (Å²) in [4.78, 5) is 15.8. The van der Waals surface area contributed by atoms with Crippen LogP contribution in [-0.2, 0) is 4.74 Å². The van der Waals surface area contributed by atoms with Gasteiger partial charge in [-0.15, -0.1) is 11.3 Å². The molecule has 1 saturated carbocycles. The van der Waals surface area contributed by atoms with Crippen molar-refractivity contribution < 1.29 is 9.53 Å². The van der Waals surface area contributed by atoms with E-state index in [-0.39, 0.29) is 12.0 Å². The second-order valence-electron chi connectivity index (χ2n) is 6.49. The van der Waals surface area contributed by atoms with Crippen LogP contribution in [0.2, 0.25) is 0 Å². The Hall–Kier alpha value is -1.65. The smallest absolute Gasteiger partial charge is 0.253 e. The Kier molecular flexibility index (Phi) is 4.19. The summed E-state index contributed by atoms with van der Waals surface area (Å²) >= 11 is 1.72. The molecule has 2 fully saturated rings. The average Bonchev–Trinajstić information content (AvgIpc) is 3.07. The lowest BCUT2D eigenvalue weighted by molar-refractivity contribution is 0.0480. The number of carbonyl (C=O) groups is 1. The molecule has 0 spiro atoms. The van der Waals surface area contributed by atoms with Crippen LogP contribution in [0, 0.1) is 5.92 Å². The molecule has 4 heteroatoms. The third-order valence-electron chi connectivity index (χ3n) is 4.63. The Morgan fingerprint density at radius 3 is 2.70 bits per heavy atom. The normalized spacial score (nSPS) is 20.9. The van der Waals surface area contributed by atoms with Crippen LogP contribution in [0.3, 0.4) is 0 Å². The highest BCUT2D eigenvalue weighted by Crippen LogP contribution is 2.30. The maximum Gasteiger partial charge on any atom is 0.253 e. The molecule has 1 atom stereocenters. The van der Waals surface area contributed by atoms with Crippen molar-refractivity contribution in [3.8, 4) is 10.4 Å². The van der Waals surface area contributed by atoms with Crippen molar-refractivity contribution in [2.45, 2.75) is 25.4 Å². The van der Waals surface area contributed by atoms with E-state index in [9.17, 15) is 4.79 Å². The summed E-state index contributed by atoms with van der Waals surface area (Å²) in [7, 11) is 0. The number of rotatable bonds is 5. The maximum atomic E-state index is 12.6. The topological polar surface area (TPSA) is 29.5 Å². The molecule has 1 amide bonds. The van der Waals surface area contributed by atoms with Gasteiger partial charge >= 0.3 is 0 Å². The standard InChI is InChI=1S/C19H21NO2S/c21-19(20-10-9-17(12-20)22-13-14-3-4-14)16-7-5-15(6-8-16)18-2-1-11-23-18/h1-2,5-8,11,14,17H,3-4,9-10,12-13H2. The number of hydrogen-bond acceptors (Lipinski definition) is 3. The Bertz CT molecular complexity index is 661. The summed E-state index contributed by atoms with van der Waals surface area (Å²) in [6, 6.07) is 12.1. The molecule has 23 heavy (non-hydrogen) atoms. The predicted molar refractivity (Wildman–Crippen MR) is 92.7 cm³/mol. The van der Waals surface area contributed by atoms with E-state index in [4.69, 9.17) is 4.74 Å². The number of hydrogen-bond donors (Lipinski definition) is 0. The first-order chi connectivity index (χ1) is 11.3. The van der Waals surface area contributed by atoms with Gasteiger partial charge in [-0.05, 0) is 54.3 Å². The zero-order valence-electron chi connectivity index (χ0n) is 13.1. The van der Waals surface area contributed by atoms with Crippen LogP contribution in [0.15, 0.2) is 41.8 Å². The van der Waals surface area contributed by atoms with Crippen molar-refractivity contribution in [2.24, 2.45) is 5.92 Å². The van der Waals surface area contributed by atoms with Gasteiger partial charge in [0.05, 0.1) is 6.10 Å². The quantitative estimate of drug-likeness (QED) is 0.829. The van der Waals surface area contributed by atoms with E-state index in [1.807, 2.05) is 35.2 Å². The SMILES string of the molecule is O=C(c1ccc(-c2cccs2)cc1)N1CCC(OCC2CC2)C1. The summed E-state index contributed by atoms with van der Waals surface area (Å²) in [5.41, 5.74) is 1.94. The number of amides is 1. The highest BCUT2D eigenvalue weighted by molar-refractivity contribution is 7.13. The van der Waals surface area contributed by atoms with Crippen LogP contribution >= 0.6 is 11.3 Å². The first-order valence-electron chi connectivity index (χ1n) is 8.34. The number of thiophene rings is 1. The molecular weight excluding hydrogens is 306 g/mol. The van der Waals surface area contributed by atoms with Crippen molar-refractivity contribution in [1.82, 2.24) is 4.90 Å². The van der Waals surface area contributed by atoms with E-state index in [1.165, 1.54) is 23.3 Å². The van der Waals surface area contributed by atoms with Gasteiger partial charge in [0.25, 0.3) is 5.91 Å². The summed E-state index contributed by atoms with van der Waals surface area (Å²) in [5.74, 6) is 0.907. The molecule has 0 bridgehead atoms. The lowest BCUT2D eigenvalue weighted by atomic mass is 10.1. The van der Waals surface area contributed by atoms with Crippen molar-refractivity contribution in [1.29, 1.82) is 0 Å². The summed E-state index contributed by atoms with van der Waals surface area (Å²) < 4.78 is 5.92. The van der Waals surface area contributed by atoms with Gasteiger partial charge in [-0.25, -0.2) is 0 Å². The molecular formula is C19H21NO2S. The lowest BCUT2D eigenvalue weighted by Gasteiger charge is -2.17. The van der Waals surface area contributed by atoms with Crippen LogP contribution in [0.4, 0.5) is 0 Å². The van der Waals surface area contributed by atoms with Crippen LogP contribution in [0.25, 0.3) is 10.4 Å². The molecule has 1 aromatic carbocycles. The lowest BCUT2D eigenvalue weighted by Crippen LogP contribution is -2.30. The van der Waals surface area contributed by atoms with Crippen LogP contribution < -0.4 is 0 Å². The number of likely N-dealkylation sites (tertiary alicyclic amines) is 1. The van der Waals surface area contributed by atoms with Crippen molar-refractivity contribution in [3.05, 3.63) is 47.3 Å². The highest BCUT2D eigenvalue weighted by atomic mass is 32.1. The molecule has 2 aromatic rings. The minimum absolute atomic E-state index is 0.125. The average molecular weight is 327 g/mol. The van der Waals surface area contributed by atoms with Gasteiger partial charge in [-0.2, -0.15) is 0 Å². The van der Waals surface area contributed by atoms with Gasteiger partial charge in [-0.1, -0.05) is 18.2 Å². The minimum atomic E-state index is 0.125. The Morgan fingerprint density at radius 2 is 2.00 bits per heavy atom. The second kappa shape index (κ2) is 6.46. The maximum absolute atomic E-state index is 12.6. The predicted octanol–water partition coefficient (Wildman–Crippen LogP) is 4.06. The zero-order chi connectivity index (χ0) is 15.6. The van der Waals surface area contributed by atoms with Gasteiger partial charge in [-0.3, -0.25) is 4.79 Å². The molecule has 1 unspecified atom stereocenters. The molecule has 2 aliphatic rings. The van der Waals surface area contributed by atoms with Gasteiger partial charge in [0.15, 0.2) is 0 Å². The molecule has 0 radical (unpaired) electrons. The molecule has 1 aromatic heterocycles. The molecule has 4 rings (SSSR count). The van der Waals surface area contributed by atoms with Crippen molar-refractivity contribution >= 4 is 17.2 Å². The van der Waals surface area contributed by atoms with Crippen molar-refractivity contribution in [3.63, 3.8) is 0 Å². The van der Waals surface area contributed by atoms with Crippen molar-refractivity contribution in [2.75, 3.05) is 19.7 Å². The largest absolute Gasteiger partial charge is 0.376 e. The molecule has 120 valence electrons. The minimum Gasteiger partial charge on any atom is -0.376 e. The van der Waals surface area contributed by atoms with Crippen LogP contribution in [0.1, 0.15) is 29.6 Å². The van der Waals surface area contributed by atoms with Crippen LogP contribution in [-0.4, -0.2) is 36.6 Å². The van der Waals surface area contributed by atoms with E-state index in [1.54, 1.807) is 11.3 Å². The highest BCUT2D eigenvalue weighted by Gasteiger charge is 2.29. The van der Waals surface area contributed by atoms with E-state index in [0.717, 1.165) is 37.6 Å². The third-order valence-corrected chi connectivity index (χ3v) is 5.55. The fourth-order valence-corrected chi connectivity index (χ4v) is 3.74. The molecule has 3 nitrogen and oxygen atoms in total. The zero-order valence-corrected chi connectivity index (χ0v) is 13.9. The summed E-state index contributed by atoms with van der Waals surface area (Å²) in [5, 5.41) is 2.07. The molecule has 2 heterocycles. The fraction of sp³-hybridized carbons (Fsp3) is 0.421. The second-order valence-corrected chi connectivity index (χ2v) is 7.44. The summed E-state index contributed by atoms with van der Waals surface area (Å²) in [6.45, 7) is 2.42. The third kappa shape index (κ3) is 3.48. The molecule has 0 N–H and O–H groups in total.